The molecule has 0 aliphatic heterocycles. The van der Waals surface area contributed by atoms with Crippen LogP contribution >= 0.6 is 11.5 Å². The van der Waals surface area contributed by atoms with Crippen LogP contribution in [0.1, 0.15) is 29.2 Å². The van der Waals surface area contributed by atoms with Crippen molar-refractivity contribution in [2.45, 2.75) is 32.7 Å². The summed E-state index contributed by atoms with van der Waals surface area (Å²) in [4.78, 5) is 24.3. The van der Waals surface area contributed by atoms with E-state index in [0.717, 1.165) is 23.7 Å². The number of nitrogens with zero attached hydrogens (tertiary/aromatic N) is 2. The standard InChI is InChI=1S/C15H14F3N3O4S/c1-3-11-12(26-21-20-11)14(23)24-8(2)13(22)19-9-4-6-10(7-5-9)25-15(16,17)18/h4-8H,3H2,1-2H3,(H,19,22)/t8-/m0/s1. The van der Waals surface area contributed by atoms with E-state index in [9.17, 15) is 22.8 Å². The molecule has 1 amide bonds. The van der Waals surface area contributed by atoms with Gasteiger partial charge in [-0.05, 0) is 49.1 Å². The molecular weight excluding hydrogens is 375 g/mol. The smallest absolute Gasteiger partial charge is 0.448 e. The van der Waals surface area contributed by atoms with Gasteiger partial charge in [0, 0.05) is 5.69 Å². The average Bonchev–Trinajstić information content (AvgIpc) is 3.04. The number of rotatable bonds is 6. The first-order chi connectivity index (χ1) is 12.2. The molecule has 1 N–H and O–H groups in total. The summed E-state index contributed by atoms with van der Waals surface area (Å²) in [5, 5.41) is 6.21. The SMILES string of the molecule is CCc1nnsc1C(=O)O[C@@H](C)C(=O)Nc1ccc(OC(F)(F)F)cc1. The summed E-state index contributed by atoms with van der Waals surface area (Å²) in [5.74, 6) is -1.77. The van der Waals surface area contributed by atoms with Gasteiger partial charge >= 0.3 is 12.3 Å². The summed E-state index contributed by atoms with van der Waals surface area (Å²) in [7, 11) is 0. The molecule has 140 valence electrons. The van der Waals surface area contributed by atoms with E-state index in [2.05, 4.69) is 19.6 Å². The minimum atomic E-state index is -4.80. The number of halogens is 3. The molecule has 1 heterocycles. The molecule has 7 nitrogen and oxygen atoms in total. The molecule has 1 aromatic carbocycles. The summed E-state index contributed by atoms with van der Waals surface area (Å²) >= 11 is 0.873. The lowest BCUT2D eigenvalue weighted by Gasteiger charge is -2.14. The van der Waals surface area contributed by atoms with Crippen LogP contribution in [0.4, 0.5) is 18.9 Å². The van der Waals surface area contributed by atoms with Crippen LogP contribution in [0.2, 0.25) is 0 Å². The van der Waals surface area contributed by atoms with E-state index in [0.29, 0.717) is 12.1 Å². The number of carbonyl (C=O) groups excluding carboxylic acids is 2. The minimum Gasteiger partial charge on any atom is -0.448 e. The summed E-state index contributed by atoms with van der Waals surface area (Å²) in [6.45, 7) is 3.17. The molecule has 0 fully saturated rings. The summed E-state index contributed by atoms with van der Waals surface area (Å²) in [5.41, 5.74) is 0.703. The third kappa shape index (κ3) is 5.41. The molecular formula is C15H14F3N3O4S. The van der Waals surface area contributed by atoms with E-state index in [1.165, 1.54) is 19.1 Å². The van der Waals surface area contributed by atoms with Crippen molar-refractivity contribution in [2.24, 2.45) is 0 Å². The predicted molar refractivity (Wildman–Crippen MR) is 85.9 cm³/mol. The zero-order chi connectivity index (χ0) is 19.3. The number of hydrogen-bond acceptors (Lipinski definition) is 7. The molecule has 0 radical (unpaired) electrons. The summed E-state index contributed by atoms with van der Waals surface area (Å²) < 4.78 is 48.8. The van der Waals surface area contributed by atoms with E-state index in [1.54, 1.807) is 6.92 Å². The molecule has 11 heteroatoms. The van der Waals surface area contributed by atoms with Gasteiger partial charge in [-0.3, -0.25) is 4.79 Å². The maximum atomic E-state index is 12.1. The van der Waals surface area contributed by atoms with Gasteiger partial charge < -0.3 is 14.8 Å². The van der Waals surface area contributed by atoms with Gasteiger partial charge in [0.2, 0.25) is 0 Å². The van der Waals surface area contributed by atoms with Gasteiger partial charge in [0.15, 0.2) is 11.0 Å². The van der Waals surface area contributed by atoms with Gasteiger partial charge in [-0.25, -0.2) is 4.79 Å². The van der Waals surface area contributed by atoms with Gasteiger partial charge in [0.25, 0.3) is 5.91 Å². The molecule has 0 unspecified atom stereocenters. The second-order valence-corrected chi connectivity index (χ2v) is 5.77. The second-order valence-electron chi connectivity index (χ2n) is 5.01. The lowest BCUT2D eigenvalue weighted by Crippen LogP contribution is -2.30. The highest BCUT2D eigenvalue weighted by Gasteiger charge is 2.31. The van der Waals surface area contributed by atoms with Crippen molar-refractivity contribution >= 4 is 29.1 Å². The monoisotopic (exact) mass is 389 g/mol. The van der Waals surface area contributed by atoms with Crippen LogP contribution in [0.15, 0.2) is 24.3 Å². The average molecular weight is 389 g/mol. The quantitative estimate of drug-likeness (QED) is 0.763. The molecule has 1 atom stereocenters. The van der Waals surface area contributed by atoms with E-state index in [1.807, 2.05) is 0 Å². The van der Waals surface area contributed by atoms with E-state index in [-0.39, 0.29) is 10.6 Å². The fourth-order valence-corrected chi connectivity index (χ4v) is 2.48. The van der Waals surface area contributed by atoms with Gasteiger partial charge in [0.1, 0.15) is 5.75 Å². The Bertz CT molecular complexity index is 777. The van der Waals surface area contributed by atoms with Crippen LogP contribution < -0.4 is 10.1 Å². The molecule has 26 heavy (non-hydrogen) atoms. The first kappa shape index (κ1) is 19.6. The highest BCUT2D eigenvalue weighted by molar-refractivity contribution is 7.07. The largest absolute Gasteiger partial charge is 0.573 e. The normalized spacial score (nSPS) is 12.3. The fraction of sp³-hybridized carbons (Fsp3) is 0.333. The van der Waals surface area contributed by atoms with Crippen molar-refractivity contribution in [1.82, 2.24) is 9.59 Å². The number of carbonyl (C=O) groups is 2. The van der Waals surface area contributed by atoms with Crippen LogP contribution in [0.25, 0.3) is 0 Å². The molecule has 1 aromatic heterocycles. The number of alkyl halides is 3. The molecule has 0 spiro atoms. The van der Waals surface area contributed by atoms with Gasteiger partial charge in [-0.15, -0.1) is 18.3 Å². The minimum absolute atomic E-state index is 0.223. The number of benzene rings is 1. The molecule has 0 saturated carbocycles. The Morgan fingerprint density at radius 1 is 1.27 bits per heavy atom. The van der Waals surface area contributed by atoms with Crippen molar-refractivity contribution in [1.29, 1.82) is 0 Å². The number of esters is 1. The number of hydrogen-bond donors (Lipinski definition) is 1. The first-order valence-corrected chi connectivity index (χ1v) is 8.16. The maximum Gasteiger partial charge on any atom is 0.573 e. The highest BCUT2D eigenvalue weighted by Crippen LogP contribution is 2.24. The van der Waals surface area contributed by atoms with E-state index in [4.69, 9.17) is 4.74 Å². The third-order valence-electron chi connectivity index (χ3n) is 3.08. The van der Waals surface area contributed by atoms with E-state index >= 15 is 0 Å². The molecule has 0 aliphatic rings. The lowest BCUT2D eigenvalue weighted by molar-refractivity contribution is -0.274. The van der Waals surface area contributed by atoms with E-state index < -0.39 is 30.1 Å². The Morgan fingerprint density at radius 3 is 2.50 bits per heavy atom. The van der Waals surface area contributed by atoms with Gasteiger partial charge in [0.05, 0.1) is 5.69 Å². The Hall–Kier alpha value is -2.69. The van der Waals surface area contributed by atoms with Crippen molar-refractivity contribution < 1.29 is 32.2 Å². The first-order valence-electron chi connectivity index (χ1n) is 7.38. The highest BCUT2D eigenvalue weighted by atomic mass is 32.1. The van der Waals surface area contributed by atoms with Crippen LogP contribution in [0, 0.1) is 0 Å². The Morgan fingerprint density at radius 2 is 1.92 bits per heavy atom. The van der Waals surface area contributed by atoms with Gasteiger partial charge in [-0.2, -0.15) is 0 Å². The van der Waals surface area contributed by atoms with Gasteiger partial charge in [-0.1, -0.05) is 11.4 Å². The molecule has 2 rings (SSSR count). The van der Waals surface area contributed by atoms with Crippen molar-refractivity contribution in [3.63, 3.8) is 0 Å². The Balaban J connectivity index is 1.93. The van der Waals surface area contributed by atoms with Crippen molar-refractivity contribution in [3.05, 3.63) is 34.8 Å². The zero-order valence-corrected chi connectivity index (χ0v) is 14.5. The predicted octanol–water partition coefficient (Wildman–Crippen LogP) is 3.18. The van der Waals surface area contributed by atoms with Crippen molar-refractivity contribution in [2.75, 3.05) is 5.32 Å². The third-order valence-corrected chi connectivity index (χ3v) is 3.83. The van der Waals surface area contributed by atoms with Crippen LogP contribution in [-0.4, -0.2) is 33.9 Å². The fourth-order valence-electron chi connectivity index (χ4n) is 1.85. The topological polar surface area (TPSA) is 90.4 Å². The molecule has 0 saturated heterocycles. The molecule has 2 aromatic rings. The second kappa shape index (κ2) is 8.13. The molecule has 0 bridgehead atoms. The Kier molecular flexibility index (Phi) is 6.14. The number of ether oxygens (including phenoxy) is 2. The maximum absolute atomic E-state index is 12.1. The van der Waals surface area contributed by atoms with Crippen LogP contribution in [0.5, 0.6) is 5.75 Å². The summed E-state index contributed by atoms with van der Waals surface area (Å²) in [6, 6.07) is 4.57. The number of amides is 1. The zero-order valence-electron chi connectivity index (χ0n) is 13.7. The molecule has 0 aliphatic carbocycles. The summed E-state index contributed by atoms with van der Waals surface area (Å²) in [6.07, 6.45) is -5.43. The number of nitrogens with one attached hydrogen (secondary N) is 1. The number of aromatic nitrogens is 2. The van der Waals surface area contributed by atoms with Crippen molar-refractivity contribution in [3.8, 4) is 5.75 Å². The Labute approximate surface area is 150 Å². The van der Waals surface area contributed by atoms with Crippen LogP contribution in [-0.2, 0) is 16.0 Å². The van der Waals surface area contributed by atoms with Crippen LogP contribution in [0.3, 0.4) is 0 Å². The number of anilines is 1. The number of aryl methyl sites for hydroxylation is 1. The lowest BCUT2D eigenvalue weighted by atomic mass is 10.2.